The molecule has 0 saturated heterocycles. The van der Waals surface area contributed by atoms with E-state index >= 15 is 0 Å². The Morgan fingerprint density at radius 3 is 2.71 bits per heavy atom. The van der Waals surface area contributed by atoms with Gasteiger partial charge in [-0.2, -0.15) is 4.98 Å². The van der Waals surface area contributed by atoms with E-state index in [-0.39, 0.29) is 29.1 Å². The second kappa shape index (κ2) is 6.66. The van der Waals surface area contributed by atoms with Crippen molar-refractivity contribution >= 4 is 28.9 Å². The first kappa shape index (κ1) is 15.4. The highest BCUT2D eigenvalue weighted by molar-refractivity contribution is 6.30. The molecule has 0 aliphatic heterocycles. The summed E-state index contributed by atoms with van der Waals surface area (Å²) in [5.74, 6) is 0.322. The van der Waals surface area contributed by atoms with Gasteiger partial charge >= 0.3 is 5.69 Å². The molecule has 0 aliphatic rings. The Bertz CT molecular complexity index is 682. The molecule has 2 rings (SSSR count). The first-order valence-electron chi connectivity index (χ1n) is 5.64. The quantitative estimate of drug-likeness (QED) is 0.473. The van der Waals surface area contributed by atoms with Gasteiger partial charge in [0.1, 0.15) is 11.8 Å². The summed E-state index contributed by atoms with van der Waals surface area (Å²) >= 11 is 11.7. The predicted octanol–water partition coefficient (Wildman–Crippen LogP) is 3.63. The molecule has 1 aromatic carbocycles. The number of nitrogens with zero attached hydrogens (tertiary/aromatic N) is 3. The summed E-state index contributed by atoms with van der Waals surface area (Å²) in [7, 11) is 1.48. The van der Waals surface area contributed by atoms with Crippen LogP contribution in [0, 0.1) is 10.1 Å². The molecule has 0 aliphatic carbocycles. The van der Waals surface area contributed by atoms with Crippen LogP contribution in [0.5, 0.6) is 11.6 Å². The number of nitro benzene ring substituents is 1. The van der Waals surface area contributed by atoms with Crippen molar-refractivity contribution in [1.82, 2.24) is 9.97 Å². The molecule has 9 heteroatoms. The van der Waals surface area contributed by atoms with Crippen molar-refractivity contribution in [3.63, 3.8) is 0 Å². The van der Waals surface area contributed by atoms with Gasteiger partial charge in [0.15, 0.2) is 5.82 Å². The number of aromatic nitrogens is 2. The van der Waals surface area contributed by atoms with Crippen molar-refractivity contribution in [2.75, 3.05) is 7.11 Å². The van der Waals surface area contributed by atoms with Crippen LogP contribution in [0.15, 0.2) is 24.3 Å². The van der Waals surface area contributed by atoms with Crippen LogP contribution in [-0.2, 0) is 11.3 Å². The Morgan fingerprint density at radius 1 is 1.29 bits per heavy atom. The monoisotopic (exact) mass is 329 g/mol. The summed E-state index contributed by atoms with van der Waals surface area (Å²) in [5, 5.41) is 11.4. The minimum absolute atomic E-state index is 0.0365. The van der Waals surface area contributed by atoms with Crippen molar-refractivity contribution < 1.29 is 14.4 Å². The second-order valence-electron chi connectivity index (χ2n) is 3.85. The Balaban J connectivity index is 2.37. The van der Waals surface area contributed by atoms with Crippen LogP contribution in [0.3, 0.4) is 0 Å². The van der Waals surface area contributed by atoms with Gasteiger partial charge in [0, 0.05) is 30.3 Å². The third-order valence-corrected chi connectivity index (χ3v) is 2.75. The number of halogens is 2. The topological polar surface area (TPSA) is 87.4 Å². The number of rotatable bonds is 5. The molecular formula is C12H9Cl2N3O4. The van der Waals surface area contributed by atoms with Crippen LogP contribution in [-0.4, -0.2) is 22.0 Å². The number of ether oxygens (including phenoxy) is 2. The summed E-state index contributed by atoms with van der Waals surface area (Å²) in [6.07, 6.45) is 0. The lowest BCUT2D eigenvalue weighted by molar-refractivity contribution is -0.385. The normalized spacial score (nSPS) is 10.4. The molecule has 2 aromatic rings. The van der Waals surface area contributed by atoms with E-state index in [9.17, 15) is 10.1 Å². The number of hydrogen-bond donors (Lipinski definition) is 0. The van der Waals surface area contributed by atoms with Crippen molar-refractivity contribution in [3.8, 4) is 11.6 Å². The third-order valence-electron chi connectivity index (χ3n) is 2.32. The molecule has 0 bridgehead atoms. The van der Waals surface area contributed by atoms with Crippen LogP contribution in [0.2, 0.25) is 10.2 Å². The molecular weight excluding hydrogens is 321 g/mol. The zero-order valence-corrected chi connectivity index (χ0v) is 12.3. The molecule has 21 heavy (non-hydrogen) atoms. The van der Waals surface area contributed by atoms with E-state index in [1.807, 2.05) is 0 Å². The van der Waals surface area contributed by atoms with Gasteiger partial charge in [-0.05, 0) is 6.07 Å². The highest BCUT2D eigenvalue weighted by Gasteiger charge is 2.17. The van der Waals surface area contributed by atoms with E-state index in [0.29, 0.717) is 10.8 Å². The molecule has 0 radical (unpaired) electrons. The van der Waals surface area contributed by atoms with Crippen molar-refractivity contribution in [2.24, 2.45) is 0 Å². The van der Waals surface area contributed by atoms with E-state index in [2.05, 4.69) is 9.97 Å². The lowest BCUT2D eigenvalue weighted by atomic mass is 10.3. The van der Waals surface area contributed by atoms with E-state index in [0.717, 1.165) is 0 Å². The second-order valence-corrected chi connectivity index (χ2v) is 4.67. The smallest absolute Gasteiger partial charge is 0.311 e. The molecule has 0 fully saturated rings. The van der Waals surface area contributed by atoms with Gasteiger partial charge in [0.2, 0.25) is 11.6 Å². The van der Waals surface area contributed by atoms with Crippen LogP contribution in [0.1, 0.15) is 5.82 Å². The standard InChI is InChI=1S/C12H9Cl2N3O4/c1-20-6-11-15-10(14)5-12(16-11)21-9-4-7(13)2-3-8(9)17(18)19/h2-5H,6H2,1H3. The van der Waals surface area contributed by atoms with Gasteiger partial charge in [0.05, 0.1) is 4.92 Å². The third kappa shape index (κ3) is 4.01. The van der Waals surface area contributed by atoms with Crippen molar-refractivity contribution in [2.45, 2.75) is 6.61 Å². The lowest BCUT2D eigenvalue weighted by Crippen LogP contribution is -2.00. The van der Waals surface area contributed by atoms with Crippen LogP contribution in [0.25, 0.3) is 0 Å². The average molecular weight is 330 g/mol. The maximum Gasteiger partial charge on any atom is 0.311 e. The fraction of sp³-hybridized carbons (Fsp3) is 0.167. The Kier molecular flexibility index (Phi) is 4.89. The molecule has 0 saturated carbocycles. The van der Waals surface area contributed by atoms with E-state index < -0.39 is 4.92 Å². The minimum Gasteiger partial charge on any atom is -0.432 e. The van der Waals surface area contributed by atoms with Crippen LogP contribution in [0.4, 0.5) is 5.69 Å². The maximum absolute atomic E-state index is 11.0. The van der Waals surface area contributed by atoms with Crippen LogP contribution >= 0.6 is 23.2 Å². The van der Waals surface area contributed by atoms with Gasteiger partial charge in [-0.1, -0.05) is 23.2 Å². The number of nitro groups is 1. The van der Waals surface area contributed by atoms with Gasteiger partial charge < -0.3 is 9.47 Å². The van der Waals surface area contributed by atoms with E-state index in [4.69, 9.17) is 32.7 Å². The zero-order valence-electron chi connectivity index (χ0n) is 10.7. The SMILES string of the molecule is COCc1nc(Cl)cc(Oc2cc(Cl)ccc2[N+](=O)[O-])n1. The largest absolute Gasteiger partial charge is 0.432 e. The Hall–Kier alpha value is -1.96. The molecule has 110 valence electrons. The summed E-state index contributed by atoms with van der Waals surface area (Å²) in [6, 6.07) is 5.31. The molecule has 0 spiro atoms. The lowest BCUT2D eigenvalue weighted by Gasteiger charge is -2.07. The molecule has 0 atom stereocenters. The minimum atomic E-state index is -0.579. The number of benzene rings is 1. The van der Waals surface area contributed by atoms with Gasteiger partial charge in [-0.3, -0.25) is 10.1 Å². The molecule has 0 N–H and O–H groups in total. The number of methoxy groups -OCH3 is 1. The maximum atomic E-state index is 11.0. The van der Waals surface area contributed by atoms with Gasteiger partial charge in [-0.25, -0.2) is 4.98 Å². The summed E-state index contributed by atoms with van der Waals surface area (Å²) in [4.78, 5) is 18.4. The van der Waals surface area contributed by atoms with Crippen LogP contribution < -0.4 is 4.74 Å². The van der Waals surface area contributed by atoms with E-state index in [1.165, 1.54) is 31.4 Å². The first-order chi connectivity index (χ1) is 9.99. The first-order valence-corrected chi connectivity index (χ1v) is 6.39. The summed E-state index contributed by atoms with van der Waals surface area (Å²) in [5.41, 5.74) is -0.234. The average Bonchev–Trinajstić information content (AvgIpc) is 2.38. The van der Waals surface area contributed by atoms with Crippen molar-refractivity contribution in [1.29, 1.82) is 0 Å². The van der Waals surface area contributed by atoms with Gasteiger partial charge in [-0.15, -0.1) is 0 Å². The highest BCUT2D eigenvalue weighted by atomic mass is 35.5. The Labute approximate surface area is 129 Å². The predicted molar refractivity (Wildman–Crippen MR) is 75.9 cm³/mol. The zero-order chi connectivity index (χ0) is 15.4. The summed E-state index contributed by atoms with van der Waals surface area (Å²) < 4.78 is 10.3. The molecule has 0 amide bonds. The molecule has 1 heterocycles. The molecule has 1 aromatic heterocycles. The van der Waals surface area contributed by atoms with E-state index in [1.54, 1.807) is 0 Å². The molecule has 7 nitrogen and oxygen atoms in total. The fourth-order valence-corrected chi connectivity index (χ4v) is 1.87. The Morgan fingerprint density at radius 2 is 2.05 bits per heavy atom. The summed E-state index contributed by atoms with van der Waals surface area (Å²) in [6.45, 7) is 0.133. The highest BCUT2D eigenvalue weighted by Crippen LogP contribution is 2.33. The number of hydrogen-bond acceptors (Lipinski definition) is 6. The fourth-order valence-electron chi connectivity index (χ4n) is 1.52. The van der Waals surface area contributed by atoms with Crippen molar-refractivity contribution in [3.05, 3.63) is 50.4 Å². The van der Waals surface area contributed by atoms with Gasteiger partial charge in [0.25, 0.3) is 0 Å². The molecule has 0 unspecified atom stereocenters.